The van der Waals surface area contributed by atoms with Crippen molar-refractivity contribution in [2.24, 2.45) is 0 Å². The molecule has 0 spiro atoms. The van der Waals surface area contributed by atoms with Gasteiger partial charge in [0, 0.05) is 11.4 Å². The first-order valence-electron chi connectivity index (χ1n) is 9.76. The van der Waals surface area contributed by atoms with Crippen LogP contribution in [0.2, 0.25) is 5.02 Å². The quantitative estimate of drug-likeness (QED) is 0.408. The molecule has 0 amide bonds. The van der Waals surface area contributed by atoms with Crippen molar-refractivity contribution in [3.05, 3.63) is 23.2 Å². The summed E-state index contributed by atoms with van der Waals surface area (Å²) in [7, 11) is 0. The molecule has 2 rings (SSSR count). The number of benzene rings is 1. The summed E-state index contributed by atoms with van der Waals surface area (Å²) in [6, 6.07) is 5.29. The van der Waals surface area contributed by atoms with Gasteiger partial charge in [-0.2, -0.15) is 4.68 Å². The van der Waals surface area contributed by atoms with E-state index in [4.69, 9.17) is 11.6 Å². The summed E-state index contributed by atoms with van der Waals surface area (Å²) in [5, 5.41) is 8.58. The molecule has 1 heterocycles. The highest BCUT2D eigenvalue weighted by Gasteiger charge is 2.11. The average Bonchev–Trinajstić information content (AvgIpc) is 3.02. The molecule has 0 saturated carbocycles. The van der Waals surface area contributed by atoms with Crippen molar-refractivity contribution >= 4 is 28.5 Å². The van der Waals surface area contributed by atoms with Crippen molar-refractivity contribution in [1.29, 1.82) is 0 Å². The number of unbranched alkanes of at least 4 members (excludes halogenated alkanes) is 10. The number of carbonyl (C=O) groups is 1. The van der Waals surface area contributed by atoms with Crippen molar-refractivity contribution in [2.45, 2.75) is 84.0 Å². The van der Waals surface area contributed by atoms with Gasteiger partial charge in [0.1, 0.15) is 5.52 Å². The van der Waals surface area contributed by atoms with Crippen LogP contribution in [-0.4, -0.2) is 20.9 Å². The number of carbonyl (C=O) groups excluding carboxylic acids is 1. The SMILES string of the molecule is CCCCCCCCCCCCCC(=O)n1nnc2ccc(Cl)cc21. The lowest BCUT2D eigenvalue weighted by Gasteiger charge is -2.03. The molecule has 1 aromatic carbocycles. The van der Waals surface area contributed by atoms with Crippen molar-refractivity contribution in [3.63, 3.8) is 0 Å². The monoisotopic (exact) mass is 363 g/mol. The Bertz CT molecular complexity index is 653. The van der Waals surface area contributed by atoms with E-state index in [-0.39, 0.29) is 5.91 Å². The van der Waals surface area contributed by atoms with E-state index in [2.05, 4.69) is 17.2 Å². The molecule has 0 aliphatic rings. The summed E-state index contributed by atoms with van der Waals surface area (Å²) < 4.78 is 1.39. The second kappa shape index (κ2) is 11.2. The zero-order valence-electron chi connectivity index (χ0n) is 15.3. The number of nitrogens with zero attached hydrogens (tertiary/aromatic N) is 3. The highest BCUT2D eigenvalue weighted by Crippen LogP contribution is 2.18. The lowest BCUT2D eigenvalue weighted by atomic mass is 10.1. The minimum Gasteiger partial charge on any atom is -0.273 e. The minimum absolute atomic E-state index is 0.000640. The molecule has 0 unspecified atom stereocenters. The summed E-state index contributed by atoms with van der Waals surface area (Å²) in [6.45, 7) is 2.26. The smallest absolute Gasteiger partial charge is 0.248 e. The third kappa shape index (κ3) is 6.77. The Kier molecular flexibility index (Phi) is 8.95. The summed E-state index contributed by atoms with van der Waals surface area (Å²) >= 11 is 5.99. The molecule has 25 heavy (non-hydrogen) atoms. The highest BCUT2D eigenvalue weighted by atomic mass is 35.5. The number of rotatable bonds is 12. The zero-order chi connectivity index (χ0) is 17.9. The van der Waals surface area contributed by atoms with Gasteiger partial charge in [-0.1, -0.05) is 87.9 Å². The van der Waals surface area contributed by atoms with Crippen LogP contribution in [0.4, 0.5) is 0 Å². The van der Waals surface area contributed by atoms with Gasteiger partial charge >= 0.3 is 0 Å². The zero-order valence-corrected chi connectivity index (χ0v) is 16.1. The van der Waals surface area contributed by atoms with Gasteiger partial charge in [0.15, 0.2) is 0 Å². The first kappa shape index (κ1) is 19.9. The topological polar surface area (TPSA) is 47.8 Å². The number of hydrogen-bond donors (Lipinski definition) is 0. The number of hydrogen-bond acceptors (Lipinski definition) is 3. The largest absolute Gasteiger partial charge is 0.273 e. The average molecular weight is 364 g/mol. The van der Waals surface area contributed by atoms with Crippen LogP contribution < -0.4 is 0 Å². The van der Waals surface area contributed by atoms with Crippen LogP contribution in [0.3, 0.4) is 0 Å². The van der Waals surface area contributed by atoms with Gasteiger partial charge in [0.2, 0.25) is 5.91 Å². The molecule has 0 atom stereocenters. The van der Waals surface area contributed by atoms with E-state index in [9.17, 15) is 4.79 Å². The Labute approximate surface area is 155 Å². The maximum atomic E-state index is 12.3. The highest BCUT2D eigenvalue weighted by molar-refractivity contribution is 6.31. The Morgan fingerprint density at radius 2 is 1.56 bits per heavy atom. The van der Waals surface area contributed by atoms with Gasteiger partial charge in [-0.25, -0.2) is 0 Å². The Morgan fingerprint density at radius 1 is 0.960 bits per heavy atom. The van der Waals surface area contributed by atoms with Gasteiger partial charge in [-0.3, -0.25) is 4.79 Å². The van der Waals surface area contributed by atoms with Crippen LogP contribution in [0.25, 0.3) is 11.0 Å². The van der Waals surface area contributed by atoms with E-state index in [1.807, 2.05) is 0 Å². The normalized spacial score (nSPS) is 11.3. The molecule has 4 nitrogen and oxygen atoms in total. The van der Waals surface area contributed by atoms with E-state index in [1.54, 1.807) is 18.2 Å². The number of fused-ring (bicyclic) bond motifs is 1. The van der Waals surface area contributed by atoms with Crippen molar-refractivity contribution < 1.29 is 4.79 Å². The Balaban J connectivity index is 1.57. The maximum Gasteiger partial charge on any atom is 0.248 e. The minimum atomic E-state index is 0.000640. The van der Waals surface area contributed by atoms with Gasteiger partial charge in [-0.15, -0.1) is 5.10 Å². The molecule has 0 aliphatic heterocycles. The van der Waals surface area contributed by atoms with Crippen LogP contribution in [0.5, 0.6) is 0 Å². The predicted octanol–water partition coefficient (Wildman–Crippen LogP) is 6.43. The lowest BCUT2D eigenvalue weighted by molar-refractivity contribution is 0.0886. The van der Waals surface area contributed by atoms with Crippen molar-refractivity contribution in [3.8, 4) is 0 Å². The molecule has 0 N–H and O–H groups in total. The molecular formula is C20H30ClN3O. The lowest BCUT2D eigenvalue weighted by Crippen LogP contribution is -2.12. The summed E-state index contributed by atoms with van der Waals surface area (Å²) in [6.07, 6.45) is 14.6. The summed E-state index contributed by atoms with van der Waals surface area (Å²) in [4.78, 5) is 12.3. The van der Waals surface area contributed by atoms with E-state index in [0.29, 0.717) is 22.5 Å². The second-order valence-corrected chi connectivity index (χ2v) is 7.25. The van der Waals surface area contributed by atoms with Crippen LogP contribution >= 0.6 is 11.6 Å². The van der Waals surface area contributed by atoms with Gasteiger partial charge in [0.25, 0.3) is 0 Å². The van der Waals surface area contributed by atoms with E-state index < -0.39 is 0 Å². The van der Waals surface area contributed by atoms with Gasteiger partial charge in [0.05, 0.1) is 5.52 Å². The Morgan fingerprint density at radius 3 is 2.20 bits per heavy atom. The van der Waals surface area contributed by atoms with Gasteiger partial charge < -0.3 is 0 Å². The molecule has 5 heteroatoms. The molecule has 0 aliphatic carbocycles. The van der Waals surface area contributed by atoms with Crippen LogP contribution in [0, 0.1) is 0 Å². The summed E-state index contributed by atoms with van der Waals surface area (Å²) in [5.41, 5.74) is 1.40. The molecular weight excluding hydrogens is 334 g/mol. The second-order valence-electron chi connectivity index (χ2n) is 6.81. The van der Waals surface area contributed by atoms with Crippen molar-refractivity contribution in [2.75, 3.05) is 0 Å². The fourth-order valence-electron chi connectivity index (χ4n) is 3.12. The van der Waals surface area contributed by atoms with E-state index in [0.717, 1.165) is 12.8 Å². The third-order valence-electron chi connectivity index (χ3n) is 4.64. The molecule has 0 saturated heterocycles. The molecule has 2 aromatic rings. The van der Waals surface area contributed by atoms with E-state index in [1.165, 1.54) is 62.5 Å². The molecule has 0 radical (unpaired) electrons. The molecule has 0 fully saturated rings. The Hall–Kier alpha value is -1.42. The first-order valence-corrected chi connectivity index (χ1v) is 10.1. The van der Waals surface area contributed by atoms with E-state index >= 15 is 0 Å². The van der Waals surface area contributed by atoms with Crippen LogP contribution in [0.1, 0.15) is 88.8 Å². The van der Waals surface area contributed by atoms with Gasteiger partial charge in [-0.05, 0) is 24.6 Å². The summed E-state index contributed by atoms with van der Waals surface area (Å²) in [5.74, 6) is 0.000640. The third-order valence-corrected chi connectivity index (χ3v) is 4.87. The standard InChI is InChI=1S/C20H30ClN3O/c1-2-3-4-5-6-7-8-9-10-11-12-13-20(25)24-19-16-17(21)14-15-18(19)22-23-24/h14-16H,2-13H2,1H3. The molecule has 1 aromatic heterocycles. The molecule has 138 valence electrons. The molecule has 0 bridgehead atoms. The number of halogens is 1. The number of aromatic nitrogens is 3. The first-order chi connectivity index (χ1) is 12.2. The van der Waals surface area contributed by atoms with Crippen LogP contribution in [0.15, 0.2) is 18.2 Å². The van der Waals surface area contributed by atoms with Crippen LogP contribution in [-0.2, 0) is 0 Å². The predicted molar refractivity (Wildman–Crippen MR) is 104 cm³/mol. The fraction of sp³-hybridized carbons (Fsp3) is 0.650. The fourth-order valence-corrected chi connectivity index (χ4v) is 3.29. The van der Waals surface area contributed by atoms with Crippen molar-refractivity contribution in [1.82, 2.24) is 15.0 Å². The maximum absolute atomic E-state index is 12.3.